The van der Waals surface area contributed by atoms with E-state index in [0.29, 0.717) is 0 Å². The summed E-state index contributed by atoms with van der Waals surface area (Å²) in [7, 11) is -2.80. The van der Waals surface area contributed by atoms with Crippen LogP contribution in [0.3, 0.4) is 0 Å². The fourth-order valence-electron chi connectivity index (χ4n) is 4.04. The van der Waals surface area contributed by atoms with Gasteiger partial charge < -0.3 is 10.1 Å². The molecule has 0 saturated heterocycles. The van der Waals surface area contributed by atoms with Crippen LogP contribution in [-0.4, -0.2) is 27.5 Å². The summed E-state index contributed by atoms with van der Waals surface area (Å²) in [6, 6.07) is 31.1. The molecule has 1 unspecified atom stereocenters. The summed E-state index contributed by atoms with van der Waals surface area (Å²) in [5.41, 5.74) is 2.55. The normalized spacial score (nSPS) is 12.2. The third kappa shape index (κ3) is 6.77. The molecule has 0 bridgehead atoms. The third-order valence-electron chi connectivity index (χ3n) is 5.86. The van der Waals surface area contributed by atoms with Crippen molar-refractivity contribution in [3.05, 3.63) is 131 Å². The minimum Gasteiger partial charge on any atom is -0.495 e. The molecule has 37 heavy (non-hydrogen) atoms. The Hall–Kier alpha value is -3.65. The van der Waals surface area contributed by atoms with Crippen molar-refractivity contribution < 1.29 is 17.9 Å². The second-order valence-electron chi connectivity index (χ2n) is 8.42. The quantitative estimate of drug-likeness (QED) is 0.295. The smallest absolute Gasteiger partial charge is 0.245 e. The number of sulfonamides is 1. The zero-order valence-corrected chi connectivity index (χ0v) is 21.7. The molecular weight excluding hydrogens is 508 g/mol. The topological polar surface area (TPSA) is 84.5 Å². The summed E-state index contributed by atoms with van der Waals surface area (Å²) in [4.78, 5) is 13.6. The van der Waals surface area contributed by atoms with Crippen LogP contribution in [0.15, 0.2) is 114 Å². The largest absolute Gasteiger partial charge is 0.495 e. The molecule has 0 heterocycles. The van der Waals surface area contributed by atoms with Crippen molar-refractivity contribution in [3.8, 4) is 5.75 Å². The lowest BCUT2D eigenvalue weighted by Gasteiger charge is -2.25. The highest BCUT2D eigenvalue weighted by Gasteiger charge is 2.30. The van der Waals surface area contributed by atoms with Crippen LogP contribution in [0.1, 0.15) is 22.7 Å². The van der Waals surface area contributed by atoms with E-state index in [-0.39, 0.29) is 22.1 Å². The van der Waals surface area contributed by atoms with Gasteiger partial charge in [0.05, 0.1) is 13.2 Å². The van der Waals surface area contributed by atoms with E-state index in [9.17, 15) is 13.2 Å². The summed E-state index contributed by atoms with van der Waals surface area (Å²) >= 11 is 6.09. The van der Waals surface area contributed by atoms with E-state index >= 15 is 0 Å². The number of benzene rings is 4. The van der Waals surface area contributed by atoms with E-state index in [4.69, 9.17) is 16.3 Å². The van der Waals surface area contributed by atoms with Crippen LogP contribution >= 0.6 is 11.6 Å². The Morgan fingerprint density at radius 2 is 1.38 bits per heavy atom. The van der Waals surface area contributed by atoms with Crippen LogP contribution in [0.25, 0.3) is 0 Å². The molecule has 190 valence electrons. The number of halogens is 1. The molecule has 1 amide bonds. The molecule has 0 aliphatic heterocycles. The minimum absolute atomic E-state index is 0.127. The lowest BCUT2D eigenvalue weighted by atomic mass is 9.97. The molecule has 4 rings (SSSR count). The van der Waals surface area contributed by atoms with Gasteiger partial charge in [0.1, 0.15) is 16.7 Å². The Labute approximate surface area is 222 Å². The zero-order valence-electron chi connectivity index (χ0n) is 20.2. The SMILES string of the molecule is COc1ccc(Cl)cc1S(=O)(=O)NC(Cc1ccccc1)C(=O)NC(c1ccccc1)c1ccccc1. The first-order valence-corrected chi connectivity index (χ1v) is 13.5. The maximum Gasteiger partial charge on any atom is 0.245 e. The Balaban J connectivity index is 1.69. The molecule has 8 heteroatoms. The summed E-state index contributed by atoms with van der Waals surface area (Å²) in [6.07, 6.45) is 0.144. The first-order chi connectivity index (χ1) is 17.9. The second kappa shape index (κ2) is 12.1. The molecule has 0 aromatic heterocycles. The summed E-state index contributed by atoms with van der Waals surface area (Å²) < 4.78 is 34.8. The Morgan fingerprint density at radius 1 is 0.838 bits per heavy atom. The predicted molar refractivity (Wildman–Crippen MR) is 145 cm³/mol. The summed E-state index contributed by atoms with van der Waals surface area (Å²) in [6.45, 7) is 0. The van der Waals surface area contributed by atoms with Gasteiger partial charge in [0.2, 0.25) is 15.9 Å². The van der Waals surface area contributed by atoms with Crippen LogP contribution in [0.2, 0.25) is 5.02 Å². The number of hydrogen-bond acceptors (Lipinski definition) is 4. The Kier molecular flexibility index (Phi) is 8.61. The molecule has 0 radical (unpaired) electrons. The third-order valence-corrected chi connectivity index (χ3v) is 7.59. The van der Waals surface area contributed by atoms with Crippen molar-refractivity contribution >= 4 is 27.5 Å². The van der Waals surface area contributed by atoms with Gasteiger partial charge in [0.25, 0.3) is 0 Å². The van der Waals surface area contributed by atoms with E-state index in [0.717, 1.165) is 16.7 Å². The van der Waals surface area contributed by atoms with Crippen molar-refractivity contribution in [1.82, 2.24) is 10.0 Å². The number of hydrogen-bond donors (Lipinski definition) is 2. The van der Waals surface area contributed by atoms with Crippen LogP contribution < -0.4 is 14.8 Å². The highest BCUT2D eigenvalue weighted by atomic mass is 35.5. The van der Waals surface area contributed by atoms with Crippen LogP contribution in [-0.2, 0) is 21.2 Å². The predicted octanol–water partition coefficient (Wildman–Crippen LogP) is 5.14. The van der Waals surface area contributed by atoms with Gasteiger partial charge in [-0.3, -0.25) is 4.79 Å². The van der Waals surface area contributed by atoms with Gasteiger partial charge in [-0.15, -0.1) is 0 Å². The van der Waals surface area contributed by atoms with Gasteiger partial charge in [-0.25, -0.2) is 8.42 Å². The van der Waals surface area contributed by atoms with Gasteiger partial charge in [-0.05, 0) is 41.3 Å². The Bertz CT molecular complexity index is 1390. The number of carbonyl (C=O) groups excluding carboxylic acids is 1. The van der Waals surface area contributed by atoms with E-state index < -0.39 is 28.0 Å². The van der Waals surface area contributed by atoms with E-state index in [2.05, 4.69) is 10.0 Å². The number of amides is 1. The van der Waals surface area contributed by atoms with E-state index in [1.54, 1.807) is 0 Å². The number of ether oxygens (including phenoxy) is 1. The number of nitrogens with one attached hydrogen (secondary N) is 2. The monoisotopic (exact) mass is 534 g/mol. The van der Waals surface area contributed by atoms with Gasteiger partial charge >= 0.3 is 0 Å². The summed E-state index contributed by atoms with van der Waals surface area (Å²) in [5, 5.41) is 3.30. The van der Waals surface area contributed by atoms with Crippen LogP contribution in [0.4, 0.5) is 0 Å². The van der Waals surface area contributed by atoms with Gasteiger partial charge in [0, 0.05) is 5.02 Å². The van der Waals surface area contributed by atoms with Crippen molar-refractivity contribution in [2.45, 2.75) is 23.4 Å². The maximum atomic E-state index is 13.7. The molecule has 0 aliphatic rings. The van der Waals surface area contributed by atoms with Gasteiger partial charge in [-0.1, -0.05) is 103 Å². The molecule has 0 spiro atoms. The zero-order chi connectivity index (χ0) is 26.3. The van der Waals surface area contributed by atoms with Crippen molar-refractivity contribution in [2.24, 2.45) is 0 Å². The molecular formula is C29H27ClN2O4S. The fraction of sp³-hybridized carbons (Fsp3) is 0.138. The first-order valence-electron chi connectivity index (χ1n) is 11.7. The molecule has 4 aromatic rings. The molecule has 0 aliphatic carbocycles. The molecule has 2 N–H and O–H groups in total. The first kappa shape index (κ1) is 26.4. The average molecular weight is 535 g/mol. The lowest BCUT2D eigenvalue weighted by molar-refractivity contribution is -0.123. The second-order valence-corrected chi connectivity index (χ2v) is 10.5. The van der Waals surface area contributed by atoms with Gasteiger partial charge in [-0.2, -0.15) is 4.72 Å². The standard InChI is InChI=1S/C29H27ClN2O4S/c1-36-26-18-17-24(30)20-27(26)37(34,35)32-25(19-21-11-5-2-6-12-21)29(33)31-28(22-13-7-3-8-14-22)23-15-9-4-10-16-23/h2-18,20,25,28,32H,19H2,1H3,(H,31,33). The Morgan fingerprint density at radius 3 is 1.92 bits per heavy atom. The maximum absolute atomic E-state index is 13.7. The summed E-state index contributed by atoms with van der Waals surface area (Å²) in [5.74, 6) is -0.339. The molecule has 0 fully saturated rings. The fourth-order valence-corrected chi connectivity index (χ4v) is 5.67. The minimum atomic E-state index is -4.18. The highest BCUT2D eigenvalue weighted by molar-refractivity contribution is 7.89. The van der Waals surface area contributed by atoms with Crippen LogP contribution in [0.5, 0.6) is 5.75 Å². The van der Waals surface area contributed by atoms with Crippen molar-refractivity contribution in [1.29, 1.82) is 0 Å². The number of rotatable bonds is 10. The molecule has 4 aromatic carbocycles. The number of carbonyl (C=O) groups is 1. The lowest BCUT2D eigenvalue weighted by Crippen LogP contribution is -2.49. The number of methoxy groups -OCH3 is 1. The van der Waals surface area contributed by atoms with Gasteiger partial charge in [0.15, 0.2) is 0 Å². The molecule has 6 nitrogen and oxygen atoms in total. The molecule has 0 saturated carbocycles. The average Bonchev–Trinajstić information content (AvgIpc) is 2.92. The molecule has 1 atom stereocenters. The van der Waals surface area contributed by atoms with E-state index in [1.165, 1.54) is 25.3 Å². The highest BCUT2D eigenvalue weighted by Crippen LogP contribution is 2.28. The van der Waals surface area contributed by atoms with Crippen molar-refractivity contribution in [2.75, 3.05) is 7.11 Å². The van der Waals surface area contributed by atoms with E-state index in [1.807, 2.05) is 91.0 Å². The van der Waals surface area contributed by atoms with Crippen molar-refractivity contribution in [3.63, 3.8) is 0 Å². The van der Waals surface area contributed by atoms with Crippen LogP contribution in [0, 0.1) is 0 Å².